The number of aromatic nitrogens is 1. The Balaban J connectivity index is 1.40. The van der Waals surface area contributed by atoms with E-state index >= 15 is 0 Å². The predicted molar refractivity (Wildman–Crippen MR) is 99.6 cm³/mol. The first kappa shape index (κ1) is 15.1. The van der Waals surface area contributed by atoms with Crippen LogP contribution in [0.1, 0.15) is 12.8 Å². The summed E-state index contributed by atoms with van der Waals surface area (Å²) in [6.07, 6.45) is 3.47. The summed E-state index contributed by atoms with van der Waals surface area (Å²) in [7, 11) is 0. The van der Waals surface area contributed by atoms with Crippen molar-refractivity contribution in [3.05, 3.63) is 54.0 Å². The largest absolute Gasteiger partial charge is 0.371 e. The van der Waals surface area contributed by atoms with E-state index in [0.717, 1.165) is 25.9 Å². The van der Waals surface area contributed by atoms with Crippen molar-refractivity contribution in [3.63, 3.8) is 0 Å². The summed E-state index contributed by atoms with van der Waals surface area (Å²) in [6.45, 7) is 1.82. The Kier molecular flexibility index (Phi) is 4.17. The summed E-state index contributed by atoms with van der Waals surface area (Å²) >= 11 is 1.46. The van der Waals surface area contributed by atoms with Crippen molar-refractivity contribution < 1.29 is 4.79 Å². The fourth-order valence-electron chi connectivity index (χ4n) is 3.27. The number of piperidine rings is 1. The van der Waals surface area contributed by atoms with E-state index in [1.165, 1.54) is 27.8 Å². The van der Waals surface area contributed by atoms with Gasteiger partial charge in [0.25, 0.3) is 0 Å². The Morgan fingerprint density at radius 3 is 2.67 bits per heavy atom. The number of thiazole rings is 1. The van der Waals surface area contributed by atoms with Crippen LogP contribution in [-0.2, 0) is 4.79 Å². The molecule has 1 amide bonds. The highest BCUT2D eigenvalue weighted by atomic mass is 32.1. The zero-order valence-electron chi connectivity index (χ0n) is 13.3. The quantitative estimate of drug-likeness (QED) is 0.781. The summed E-state index contributed by atoms with van der Waals surface area (Å²) in [5, 5.41) is 8.01. The van der Waals surface area contributed by atoms with Gasteiger partial charge in [-0.1, -0.05) is 30.3 Å². The summed E-state index contributed by atoms with van der Waals surface area (Å²) in [5.41, 5.74) is 1.24. The van der Waals surface area contributed by atoms with Crippen LogP contribution in [0.3, 0.4) is 0 Å². The topological polar surface area (TPSA) is 45.2 Å². The van der Waals surface area contributed by atoms with Gasteiger partial charge in [-0.3, -0.25) is 4.79 Å². The van der Waals surface area contributed by atoms with E-state index in [2.05, 4.69) is 57.7 Å². The van der Waals surface area contributed by atoms with Gasteiger partial charge in [-0.2, -0.15) is 0 Å². The van der Waals surface area contributed by atoms with Crippen LogP contribution in [-0.4, -0.2) is 24.0 Å². The zero-order valence-corrected chi connectivity index (χ0v) is 14.1. The first-order valence-electron chi connectivity index (χ1n) is 8.24. The van der Waals surface area contributed by atoms with Crippen molar-refractivity contribution in [3.8, 4) is 0 Å². The molecule has 3 aromatic rings. The molecule has 24 heavy (non-hydrogen) atoms. The first-order chi connectivity index (χ1) is 11.8. The lowest BCUT2D eigenvalue weighted by Crippen LogP contribution is -2.38. The van der Waals surface area contributed by atoms with Crippen LogP contribution in [0.25, 0.3) is 10.8 Å². The maximum Gasteiger partial charge on any atom is 0.229 e. The fraction of sp³-hybridized carbons (Fsp3) is 0.263. The first-order valence-corrected chi connectivity index (χ1v) is 9.12. The summed E-state index contributed by atoms with van der Waals surface area (Å²) in [6, 6.07) is 15.0. The van der Waals surface area contributed by atoms with Gasteiger partial charge < -0.3 is 10.2 Å². The number of hydrogen-bond acceptors (Lipinski definition) is 4. The Morgan fingerprint density at radius 1 is 1.12 bits per heavy atom. The molecule has 0 saturated carbocycles. The molecule has 0 aliphatic carbocycles. The minimum Gasteiger partial charge on any atom is -0.371 e. The van der Waals surface area contributed by atoms with Crippen LogP contribution in [0.4, 0.5) is 10.8 Å². The van der Waals surface area contributed by atoms with E-state index in [0.29, 0.717) is 5.13 Å². The summed E-state index contributed by atoms with van der Waals surface area (Å²) < 4.78 is 0. The lowest BCUT2D eigenvalue weighted by molar-refractivity contribution is -0.120. The molecular formula is C19H19N3OS. The highest BCUT2D eigenvalue weighted by molar-refractivity contribution is 7.13. The molecule has 2 aromatic carbocycles. The van der Waals surface area contributed by atoms with E-state index in [9.17, 15) is 4.79 Å². The monoisotopic (exact) mass is 337 g/mol. The number of fused-ring (bicyclic) bond motifs is 1. The molecule has 0 unspecified atom stereocenters. The molecule has 0 spiro atoms. The van der Waals surface area contributed by atoms with Crippen molar-refractivity contribution in [1.29, 1.82) is 0 Å². The molecule has 4 rings (SSSR count). The zero-order chi connectivity index (χ0) is 16.4. The molecule has 5 heteroatoms. The average molecular weight is 337 g/mol. The van der Waals surface area contributed by atoms with Gasteiger partial charge in [0, 0.05) is 36.3 Å². The van der Waals surface area contributed by atoms with Gasteiger partial charge in [-0.15, -0.1) is 11.3 Å². The number of amides is 1. The lowest BCUT2D eigenvalue weighted by Gasteiger charge is -2.33. The van der Waals surface area contributed by atoms with Gasteiger partial charge in [0.1, 0.15) is 0 Å². The summed E-state index contributed by atoms with van der Waals surface area (Å²) in [5.74, 6) is 0.175. The third-order valence-electron chi connectivity index (χ3n) is 4.63. The molecule has 1 aliphatic heterocycles. The highest BCUT2D eigenvalue weighted by Gasteiger charge is 2.25. The second-order valence-electron chi connectivity index (χ2n) is 6.12. The molecule has 2 heterocycles. The van der Waals surface area contributed by atoms with Crippen LogP contribution in [0.5, 0.6) is 0 Å². The SMILES string of the molecule is O=C(Nc1nccs1)C1CCN(c2ccc3ccccc3c2)CC1. The van der Waals surface area contributed by atoms with Gasteiger partial charge in [-0.05, 0) is 35.7 Å². The standard InChI is InChI=1S/C19H19N3OS/c23-18(21-19-20-9-12-24-19)15-7-10-22(11-8-15)17-6-5-14-3-1-2-4-16(14)13-17/h1-6,9,12-13,15H,7-8,10-11H2,(H,20,21,23). The van der Waals surface area contributed by atoms with Crippen LogP contribution in [0.2, 0.25) is 0 Å². The smallest absolute Gasteiger partial charge is 0.229 e. The van der Waals surface area contributed by atoms with Crippen LogP contribution < -0.4 is 10.2 Å². The fourth-order valence-corrected chi connectivity index (χ4v) is 3.80. The van der Waals surface area contributed by atoms with Crippen LogP contribution in [0, 0.1) is 5.92 Å². The Morgan fingerprint density at radius 2 is 1.92 bits per heavy atom. The van der Waals surface area contributed by atoms with E-state index in [1.807, 2.05) is 5.38 Å². The van der Waals surface area contributed by atoms with Gasteiger partial charge >= 0.3 is 0 Å². The number of rotatable bonds is 3. The van der Waals surface area contributed by atoms with Gasteiger partial charge in [0.2, 0.25) is 5.91 Å². The molecule has 0 atom stereocenters. The number of nitrogens with one attached hydrogen (secondary N) is 1. The van der Waals surface area contributed by atoms with Crippen molar-refractivity contribution >= 4 is 38.8 Å². The second kappa shape index (κ2) is 6.61. The molecule has 1 fully saturated rings. The maximum atomic E-state index is 12.3. The number of anilines is 2. The summed E-state index contributed by atoms with van der Waals surface area (Å²) in [4.78, 5) is 18.8. The number of nitrogens with zero attached hydrogens (tertiary/aromatic N) is 2. The minimum absolute atomic E-state index is 0.0746. The highest BCUT2D eigenvalue weighted by Crippen LogP contribution is 2.27. The Bertz CT molecular complexity index is 839. The lowest BCUT2D eigenvalue weighted by atomic mass is 9.95. The molecule has 1 saturated heterocycles. The van der Waals surface area contributed by atoms with E-state index in [4.69, 9.17) is 0 Å². The molecule has 1 N–H and O–H groups in total. The molecule has 1 aromatic heterocycles. The molecule has 0 radical (unpaired) electrons. The van der Waals surface area contributed by atoms with E-state index < -0.39 is 0 Å². The van der Waals surface area contributed by atoms with Crippen molar-refractivity contribution in [2.24, 2.45) is 5.92 Å². The third-order valence-corrected chi connectivity index (χ3v) is 5.31. The van der Waals surface area contributed by atoms with Crippen molar-refractivity contribution in [2.45, 2.75) is 12.8 Å². The van der Waals surface area contributed by atoms with Crippen LogP contribution >= 0.6 is 11.3 Å². The molecule has 0 bridgehead atoms. The van der Waals surface area contributed by atoms with E-state index in [1.54, 1.807) is 6.20 Å². The molecule has 122 valence electrons. The molecular weight excluding hydrogens is 318 g/mol. The molecule has 4 nitrogen and oxygen atoms in total. The maximum absolute atomic E-state index is 12.3. The Hall–Kier alpha value is -2.40. The number of hydrogen-bond donors (Lipinski definition) is 1. The van der Waals surface area contributed by atoms with Gasteiger partial charge in [0.15, 0.2) is 5.13 Å². The third kappa shape index (κ3) is 3.12. The number of carbonyl (C=O) groups is 1. The number of benzene rings is 2. The Labute approximate surface area is 145 Å². The number of carbonyl (C=O) groups excluding carboxylic acids is 1. The average Bonchev–Trinajstić information content (AvgIpc) is 3.14. The van der Waals surface area contributed by atoms with E-state index in [-0.39, 0.29) is 11.8 Å². The minimum atomic E-state index is 0.0746. The predicted octanol–water partition coefficient (Wildman–Crippen LogP) is 4.15. The molecule has 1 aliphatic rings. The van der Waals surface area contributed by atoms with Crippen molar-refractivity contribution in [1.82, 2.24) is 4.98 Å². The van der Waals surface area contributed by atoms with Crippen molar-refractivity contribution in [2.75, 3.05) is 23.3 Å². The van der Waals surface area contributed by atoms with Gasteiger partial charge in [0.05, 0.1) is 0 Å². The van der Waals surface area contributed by atoms with Crippen LogP contribution in [0.15, 0.2) is 54.0 Å². The normalized spacial score (nSPS) is 15.6. The van der Waals surface area contributed by atoms with Gasteiger partial charge in [-0.25, -0.2) is 4.98 Å². The second-order valence-corrected chi connectivity index (χ2v) is 7.01.